The lowest BCUT2D eigenvalue weighted by atomic mass is 9.44. The third-order valence-corrected chi connectivity index (χ3v) is 26.7. The van der Waals surface area contributed by atoms with Crippen molar-refractivity contribution in [1.82, 2.24) is 57.2 Å². The number of nitrogens with two attached hydrogens (primary N) is 3. The Morgan fingerprint density at radius 2 is 1.22 bits per heavy atom. The van der Waals surface area contributed by atoms with Crippen LogP contribution in [0, 0.1) is 22.7 Å². The van der Waals surface area contributed by atoms with Gasteiger partial charge in [0.2, 0.25) is 35.5 Å². The zero-order valence-electron chi connectivity index (χ0n) is 78.3. The molecule has 1 saturated heterocycles. The number of ether oxygens (including phenoxy) is 7. The molecule has 143 heavy (non-hydrogen) atoms. The number of aromatic amines is 1. The van der Waals surface area contributed by atoms with E-state index in [9.17, 15) is 117 Å². The summed E-state index contributed by atoms with van der Waals surface area (Å²) in [6.45, 7) is 9.02. The number of carbonyl (C=O) groups excluding carboxylic acids is 13. The SMILES string of the molecule is CC(=O)O[C@H]1C(=O)[C@@]2(C)C([C@H](OC(=O)c3ccccc3)[C@]3(O)C[C@H](OC(=O)[C@H](O)[C@H](NC(=O)c4ccccc4)c4ccccc4)C(C)=C1C3(C)C)[C@]1(OC(C)=O)CO[C@@H]1C[C@@H]2OC(=O)OCCSSC[C@H](C)C(=O)O.CNC(=O)[C@H](CC(=O)O)NC(=O)[C@H](CC(=O)O)NC(=O)[C@H](CCCN=C(N)N)NC(=O)[C@H](CC(=O)O)NC(=O)CC[C@H](NC(=O)c1ccc(NCc2cnc3nc(N)[nH]c(=O)c3n2)cc1)C(=O)O. The Morgan fingerprint density at radius 3 is 1.78 bits per heavy atom. The lowest BCUT2D eigenvalue weighted by Crippen LogP contribution is -2.82. The number of carbonyl (C=O) groups is 18. The first-order valence-corrected chi connectivity index (χ1v) is 46.9. The van der Waals surface area contributed by atoms with Crippen molar-refractivity contribution in [3.8, 4) is 0 Å². The highest BCUT2D eigenvalue weighted by molar-refractivity contribution is 8.76. The number of aliphatic imine (C=N–C) groups is 1. The summed E-state index contributed by atoms with van der Waals surface area (Å²) < 4.78 is 42.4. The van der Waals surface area contributed by atoms with E-state index in [1.807, 2.05) is 5.32 Å². The van der Waals surface area contributed by atoms with E-state index < -0.39 is 264 Å². The van der Waals surface area contributed by atoms with Crippen LogP contribution in [0.3, 0.4) is 0 Å². The Bertz CT molecular complexity index is 5880. The molecule has 7 amide bonds. The van der Waals surface area contributed by atoms with Gasteiger partial charge in [0.15, 0.2) is 40.7 Å². The number of nitrogens with one attached hydrogen (secondary N) is 9. The molecule has 0 radical (unpaired) electrons. The van der Waals surface area contributed by atoms with Crippen molar-refractivity contribution in [2.45, 2.75) is 197 Å². The van der Waals surface area contributed by atoms with Crippen LogP contribution in [0.4, 0.5) is 16.4 Å². The van der Waals surface area contributed by atoms with Gasteiger partial charge in [-0.2, -0.15) is 4.98 Å². The van der Waals surface area contributed by atoms with Gasteiger partial charge >= 0.3 is 59.9 Å². The number of carboxylic acids is 5. The second kappa shape index (κ2) is 49.7. The van der Waals surface area contributed by atoms with Crippen molar-refractivity contribution < 1.29 is 155 Å². The largest absolute Gasteiger partial charge is 0.508 e. The molecule has 4 aromatic carbocycles. The van der Waals surface area contributed by atoms with Gasteiger partial charge in [-0.05, 0) is 98.4 Å². The molecule has 6 aromatic rings. The number of guanidine groups is 1. The molecule has 4 aliphatic rings. The third-order valence-electron chi connectivity index (χ3n) is 24.1. The lowest BCUT2D eigenvalue weighted by molar-refractivity contribution is -0.346. The average Bonchev–Trinajstić information content (AvgIpc) is 0.664. The number of carboxylic acid groups (broad SMARTS) is 5. The van der Waals surface area contributed by atoms with E-state index in [-0.39, 0.29) is 101 Å². The fraction of sp³-hybridized carbons (Fsp3) is 0.446. The number of aliphatic hydroxyl groups excluding tert-OH is 1. The number of ketones is 1. The Kier molecular flexibility index (Phi) is 38.7. The summed E-state index contributed by atoms with van der Waals surface area (Å²) in [5.74, 6) is -21.8. The van der Waals surface area contributed by atoms with Crippen LogP contribution in [0.2, 0.25) is 0 Å². The lowest BCUT2D eigenvalue weighted by Gasteiger charge is -2.67. The molecule has 3 aliphatic carbocycles. The number of nitrogen functional groups attached to an aromatic ring is 1. The van der Waals surface area contributed by atoms with Gasteiger partial charge in [-0.15, -0.1) is 0 Å². The monoisotopic (exact) mass is 2030 g/mol. The van der Waals surface area contributed by atoms with Crippen LogP contribution in [0.15, 0.2) is 142 Å². The molecule has 51 heteroatoms. The number of aliphatic carboxylic acids is 5. The van der Waals surface area contributed by atoms with Crippen molar-refractivity contribution >= 4 is 157 Å². The second-order valence-corrected chi connectivity index (χ2v) is 37.0. The van der Waals surface area contributed by atoms with Crippen LogP contribution >= 0.6 is 21.6 Å². The predicted octanol–water partition coefficient (Wildman–Crippen LogP) is 1.03. The summed E-state index contributed by atoms with van der Waals surface area (Å²) in [5, 5.41) is 91.8. The summed E-state index contributed by atoms with van der Waals surface area (Å²) in [6, 6.07) is 19.4. The van der Waals surface area contributed by atoms with Gasteiger partial charge in [-0.25, -0.2) is 29.1 Å². The first kappa shape index (κ1) is 111. The quantitative estimate of drug-likeness (QED) is 0.00483. The molecule has 3 heterocycles. The summed E-state index contributed by atoms with van der Waals surface area (Å²) >= 11 is 0. The number of anilines is 2. The number of Topliss-reactive ketones (excluding diaryl/α,β-unsaturated/α-hetero) is 1. The number of rotatable bonds is 45. The molecular weight excluding hydrogens is 1920 g/mol. The molecule has 768 valence electrons. The van der Waals surface area contributed by atoms with Crippen molar-refractivity contribution in [2.75, 3.05) is 49.4 Å². The summed E-state index contributed by atoms with van der Waals surface area (Å²) in [4.78, 5) is 266. The van der Waals surface area contributed by atoms with Gasteiger partial charge in [0, 0.05) is 80.4 Å². The molecule has 22 N–H and O–H groups in total. The molecule has 2 aromatic heterocycles. The molecule has 1 unspecified atom stereocenters. The maximum absolute atomic E-state index is 16.2. The highest BCUT2D eigenvalue weighted by Crippen LogP contribution is 2.65. The second-order valence-electron chi connectivity index (χ2n) is 34.4. The Morgan fingerprint density at radius 1 is 0.650 bits per heavy atom. The minimum Gasteiger partial charge on any atom is -0.481 e. The van der Waals surface area contributed by atoms with Crippen molar-refractivity contribution in [2.24, 2.45) is 39.1 Å². The van der Waals surface area contributed by atoms with E-state index in [0.29, 0.717) is 16.9 Å². The highest BCUT2D eigenvalue weighted by atomic mass is 33.1. The Labute approximate surface area is 822 Å². The number of hydrogen-bond acceptors (Lipinski definition) is 36. The van der Waals surface area contributed by atoms with E-state index >= 15 is 4.79 Å². The van der Waals surface area contributed by atoms with Crippen LogP contribution in [0.25, 0.3) is 11.2 Å². The number of H-pyrrole nitrogens is 1. The van der Waals surface area contributed by atoms with Crippen LogP contribution in [0.1, 0.15) is 155 Å². The Hall–Kier alpha value is -15.2. The van der Waals surface area contributed by atoms with Gasteiger partial charge < -0.3 is 129 Å². The fourth-order valence-corrected chi connectivity index (χ4v) is 19.0. The van der Waals surface area contributed by atoms with Crippen LogP contribution < -0.4 is 65.3 Å². The number of fused-ring (bicyclic) bond motifs is 6. The standard InChI is InChI=1S/C54H61NO18S2.C38H49N15O15/c1-29(47(61)62)27-75-74-24-23-67-50(65)71-37-25-38-53(28-68-38,73-32(4)57)43-45(72-48(63)35-21-15-10-16-22-35)54(66)26-36(30(2)39(51(54,5)6)42(69-31(3)56)44(59)52(37,43)7)70-49(64)41(58)40(33-17-11-8-12-18-33)55-46(60)34-19-13-9-14-20-34;1-42-31(62)21(11-25(55)56)50-34(65)23(13-27(59)60)51-32(63)19(3-2-10-43-37(39)40)48-33(64)22(12-26(57)58)47-24(54)9-8-20(36(67)68)49-30(61)16-4-6-17(7-5-16)44-14-18-15-45-29-28(46-18)35(66)53-38(41)52-29/h8-22,29,36-38,40-43,45,58,66H,23-28H2,1-7H3,(H,55,60)(H,61,62);4-7,15,19-23,44H,2-3,8-14H2,1H3,(H,42,62)(H,47,54)(H,48,64)(H,49,61)(H,50,65)(H,51,63)(H,55,56)(H,57,58)(H,59,60)(H,67,68)(H4,39,40,43)(H3,41,45,52,53,66)/t29-,36-,37-,38+,40+,41+,42+,43?,45-,52+,53-,54+;19-,20-,21-,22-,23-/m00/s1. The van der Waals surface area contributed by atoms with E-state index in [4.69, 9.17) is 55.5 Å². The van der Waals surface area contributed by atoms with Crippen molar-refractivity contribution in [1.29, 1.82) is 0 Å². The van der Waals surface area contributed by atoms with E-state index in [2.05, 4.69) is 62.1 Å². The predicted molar refractivity (Wildman–Crippen MR) is 502 cm³/mol. The Balaban J connectivity index is 0.000000321. The fourth-order valence-electron chi connectivity index (χ4n) is 16.9. The molecular formula is C92H110N16O33S2. The van der Waals surface area contributed by atoms with Gasteiger partial charge in [-0.3, -0.25) is 81.9 Å². The zero-order chi connectivity index (χ0) is 105. The molecule has 10 rings (SSSR count). The number of hydrogen-bond donors (Lipinski definition) is 19. The normalized spacial score (nSPS) is 21.1. The molecule has 2 saturated carbocycles. The smallest absolute Gasteiger partial charge is 0.481 e. The molecule has 1 aliphatic heterocycles. The minimum atomic E-state index is -2.52. The summed E-state index contributed by atoms with van der Waals surface area (Å²) in [5.41, 5.74) is 8.66. The first-order valence-electron chi connectivity index (χ1n) is 44.4. The zero-order valence-corrected chi connectivity index (χ0v) is 80.0. The van der Waals surface area contributed by atoms with Crippen LogP contribution in [-0.2, 0) is 107 Å². The number of esters is 4. The van der Waals surface area contributed by atoms with Gasteiger partial charge in [0.1, 0.15) is 66.8 Å². The molecule has 17 atom stereocenters. The van der Waals surface area contributed by atoms with E-state index in [1.54, 1.807) is 85.8 Å². The molecule has 2 bridgehead atoms. The number of nitrogens with zero attached hydrogens (tertiary/aromatic N) is 4. The highest BCUT2D eigenvalue weighted by Gasteiger charge is 2.79. The number of aliphatic hydroxyl groups is 2. The van der Waals surface area contributed by atoms with E-state index in [1.165, 1.54) is 91.9 Å². The maximum Gasteiger partial charge on any atom is 0.508 e. The summed E-state index contributed by atoms with van der Waals surface area (Å²) in [7, 11) is 3.66. The van der Waals surface area contributed by atoms with Crippen molar-refractivity contribution in [3.63, 3.8) is 0 Å². The molecule has 0 spiro atoms. The number of likely N-dealkylation sites (N-methyl/N-ethyl adjacent to an activating group) is 1. The number of benzene rings is 4. The molecule has 3 fully saturated rings. The van der Waals surface area contributed by atoms with Crippen LogP contribution in [0.5, 0.6) is 0 Å². The first-order chi connectivity index (χ1) is 67.5. The number of amides is 7. The topological polar surface area (TPSA) is 772 Å². The molecule has 49 nitrogen and oxygen atoms in total. The average molecular weight is 2030 g/mol. The maximum atomic E-state index is 16.2. The number of aromatic nitrogens is 4. The van der Waals surface area contributed by atoms with Crippen molar-refractivity contribution in [3.05, 3.63) is 171 Å². The van der Waals surface area contributed by atoms with Gasteiger partial charge in [-0.1, -0.05) is 109 Å². The minimum absolute atomic E-state index is 0.00808. The van der Waals surface area contributed by atoms with Crippen LogP contribution in [-0.4, -0.2) is 285 Å². The van der Waals surface area contributed by atoms with E-state index in [0.717, 1.165) is 20.9 Å². The third kappa shape index (κ3) is 28.6. The summed E-state index contributed by atoms with van der Waals surface area (Å²) in [6.07, 6.45) is -15.8. The van der Waals surface area contributed by atoms with Gasteiger partial charge in [0.25, 0.3) is 17.4 Å². The van der Waals surface area contributed by atoms with Gasteiger partial charge in [0.05, 0.1) is 73.2 Å².